The van der Waals surface area contributed by atoms with Gasteiger partial charge in [0.25, 0.3) is 5.91 Å². The van der Waals surface area contributed by atoms with Crippen LogP contribution in [0.4, 0.5) is 0 Å². The lowest BCUT2D eigenvalue weighted by molar-refractivity contribution is -0.121. The SMILES string of the molecule is Cc1nc([C@@H]2CCCN(C(=O)c3ccccc3)C2)nc(C)c1CC(=O)NC1CCCC1. The van der Waals surface area contributed by atoms with E-state index in [1.807, 2.05) is 49.1 Å². The minimum Gasteiger partial charge on any atom is -0.353 e. The fraction of sp³-hybridized carbons (Fsp3) is 0.520. The maximum Gasteiger partial charge on any atom is 0.253 e. The minimum absolute atomic E-state index is 0.0618. The van der Waals surface area contributed by atoms with Crippen LogP contribution in [0.2, 0.25) is 0 Å². The number of carbonyl (C=O) groups is 2. The lowest BCUT2D eigenvalue weighted by Crippen LogP contribution is -2.39. The van der Waals surface area contributed by atoms with Crippen molar-refractivity contribution in [2.24, 2.45) is 0 Å². The molecule has 6 nitrogen and oxygen atoms in total. The van der Waals surface area contributed by atoms with Crippen LogP contribution in [0.1, 0.15) is 77.6 Å². The van der Waals surface area contributed by atoms with Crippen LogP contribution in [0.3, 0.4) is 0 Å². The smallest absolute Gasteiger partial charge is 0.253 e. The summed E-state index contributed by atoms with van der Waals surface area (Å²) < 4.78 is 0. The highest BCUT2D eigenvalue weighted by atomic mass is 16.2. The summed E-state index contributed by atoms with van der Waals surface area (Å²) in [6.07, 6.45) is 6.81. The van der Waals surface area contributed by atoms with E-state index < -0.39 is 0 Å². The van der Waals surface area contributed by atoms with Crippen LogP contribution in [0.25, 0.3) is 0 Å². The maximum absolute atomic E-state index is 12.9. The van der Waals surface area contributed by atoms with Crippen molar-refractivity contribution in [2.45, 2.75) is 70.8 Å². The highest BCUT2D eigenvalue weighted by molar-refractivity contribution is 5.94. The lowest BCUT2D eigenvalue weighted by Gasteiger charge is -2.32. The molecule has 2 fully saturated rings. The largest absolute Gasteiger partial charge is 0.353 e. The van der Waals surface area contributed by atoms with Crippen LogP contribution in [0.5, 0.6) is 0 Å². The molecule has 1 aliphatic heterocycles. The highest BCUT2D eigenvalue weighted by Gasteiger charge is 2.28. The Morgan fingerprint density at radius 3 is 2.35 bits per heavy atom. The number of carbonyl (C=O) groups excluding carboxylic acids is 2. The molecule has 2 amide bonds. The molecule has 1 aromatic heterocycles. The van der Waals surface area contributed by atoms with Crippen LogP contribution < -0.4 is 5.32 Å². The lowest BCUT2D eigenvalue weighted by atomic mass is 9.95. The maximum atomic E-state index is 12.9. The molecule has 6 heteroatoms. The van der Waals surface area contributed by atoms with E-state index in [9.17, 15) is 9.59 Å². The second kappa shape index (κ2) is 9.58. The molecule has 0 bridgehead atoms. The van der Waals surface area contributed by atoms with Crippen molar-refractivity contribution in [1.82, 2.24) is 20.2 Å². The van der Waals surface area contributed by atoms with E-state index in [0.717, 1.165) is 60.6 Å². The molecule has 4 rings (SSSR count). The molecule has 0 unspecified atom stereocenters. The molecule has 164 valence electrons. The number of aryl methyl sites for hydroxylation is 2. The predicted molar refractivity (Wildman–Crippen MR) is 120 cm³/mol. The van der Waals surface area contributed by atoms with Gasteiger partial charge in [-0.05, 0) is 51.7 Å². The topological polar surface area (TPSA) is 75.2 Å². The second-order valence-electron chi connectivity index (χ2n) is 8.91. The van der Waals surface area contributed by atoms with Gasteiger partial charge in [-0.25, -0.2) is 9.97 Å². The van der Waals surface area contributed by atoms with Gasteiger partial charge in [0.15, 0.2) is 0 Å². The second-order valence-corrected chi connectivity index (χ2v) is 8.91. The van der Waals surface area contributed by atoms with Gasteiger partial charge in [0.1, 0.15) is 5.82 Å². The van der Waals surface area contributed by atoms with Crippen molar-refractivity contribution >= 4 is 11.8 Å². The molecule has 0 spiro atoms. The van der Waals surface area contributed by atoms with Gasteiger partial charge in [0, 0.05) is 47.6 Å². The zero-order valence-electron chi connectivity index (χ0n) is 18.6. The van der Waals surface area contributed by atoms with Gasteiger partial charge in [-0.15, -0.1) is 0 Å². The van der Waals surface area contributed by atoms with Gasteiger partial charge in [0.2, 0.25) is 5.91 Å². The molecule has 31 heavy (non-hydrogen) atoms. The zero-order valence-corrected chi connectivity index (χ0v) is 18.6. The number of benzene rings is 1. The van der Waals surface area contributed by atoms with Crippen molar-refractivity contribution in [3.8, 4) is 0 Å². The van der Waals surface area contributed by atoms with Gasteiger partial charge in [-0.1, -0.05) is 31.0 Å². The predicted octanol–water partition coefficient (Wildman–Crippen LogP) is 3.71. The zero-order chi connectivity index (χ0) is 21.8. The number of likely N-dealkylation sites (tertiary alicyclic amines) is 1. The Balaban J connectivity index is 1.44. The fourth-order valence-corrected chi connectivity index (χ4v) is 4.85. The Bertz CT molecular complexity index is 915. The van der Waals surface area contributed by atoms with Crippen molar-refractivity contribution in [3.05, 3.63) is 58.7 Å². The number of nitrogens with one attached hydrogen (secondary N) is 1. The van der Waals surface area contributed by atoms with Crippen molar-refractivity contribution in [3.63, 3.8) is 0 Å². The monoisotopic (exact) mass is 420 g/mol. The van der Waals surface area contributed by atoms with Crippen LogP contribution in [-0.2, 0) is 11.2 Å². The van der Waals surface area contributed by atoms with Crippen LogP contribution in [0, 0.1) is 13.8 Å². The Hall–Kier alpha value is -2.76. The fourth-order valence-electron chi connectivity index (χ4n) is 4.85. The number of rotatable bonds is 5. The standard InChI is InChI=1S/C25H32N4O2/c1-17-22(15-23(30)28-21-12-6-7-13-21)18(2)27-24(26-17)20-11-8-14-29(16-20)25(31)19-9-4-3-5-10-19/h3-5,9-10,20-21H,6-8,11-16H2,1-2H3,(H,28,30)/t20-/m1/s1. The number of hydrogen-bond acceptors (Lipinski definition) is 4. The van der Waals surface area contributed by atoms with Crippen molar-refractivity contribution < 1.29 is 9.59 Å². The van der Waals surface area contributed by atoms with Crippen LogP contribution >= 0.6 is 0 Å². The van der Waals surface area contributed by atoms with E-state index >= 15 is 0 Å². The number of piperidine rings is 1. The van der Waals surface area contributed by atoms with E-state index in [-0.39, 0.29) is 17.7 Å². The normalized spacial score (nSPS) is 19.4. The van der Waals surface area contributed by atoms with E-state index in [0.29, 0.717) is 19.0 Å². The average molecular weight is 421 g/mol. The number of hydrogen-bond donors (Lipinski definition) is 1. The number of nitrogens with zero attached hydrogens (tertiary/aromatic N) is 3. The third kappa shape index (κ3) is 5.12. The van der Waals surface area contributed by atoms with Gasteiger partial charge >= 0.3 is 0 Å². The molecule has 0 radical (unpaired) electrons. The van der Waals surface area contributed by atoms with E-state index in [4.69, 9.17) is 9.97 Å². The Kier molecular flexibility index (Phi) is 6.64. The first-order valence-electron chi connectivity index (χ1n) is 11.5. The first kappa shape index (κ1) is 21.5. The average Bonchev–Trinajstić information content (AvgIpc) is 3.29. The quantitative estimate of drug-likeness (QED) is 0.800. The molecule has 2 aliphatic rings. The Morgan fingerprint density at radius 1 is 1.00 bits per heavy atom. The molecular weight excluding hydrogens is 388 g/mol. The molecule has 2 aromatic rings. The first-order chi connectivity index (χ1) is 15.0. The van der Waals surface area contributed by atoms with Crippen LogP contribution in [0.15, 0.2) is 30.3 Å². The third-order valence-corrected chi connectivity index (χ3v) is 6.59. The molecule has 1 N–H and O–H groups in total. The van der Waals surface area contributed by atoms with Crippen molar-refractivity contribution in [2.75, 3.05) is 13.1 Å². The molecule has 1 saturated heterocycles. The van der Waals surface area contributed by atoms with Crippen LogP contribution in [-0.4, -0.2) is 45.8 Å². The van der Waals surface area contributed by atoms with Crippen molar-refractivity contribution in [1.29, 1.82) is 0 Å². The summed E-state index contributed by atoms with van der Waals surface area (Å²) in [6.45, 7) is 5.33. The summed E-state index contributed by atoms with van der Waals surface area (Å²) in [5.41, 5.74) is 3.39. The minimum atomic E-state index is 0.0618. The van der Waals surface area contributed by atoms with Gasteiger partial charge < -0.3 is 10.2 Å². The molecule has 1 saturated carbocycles. The Morgan fingerprint density at radius 2 is 1.68 bits per heavy atom. The van der Waals surface area contributed by atoms with Gasteiger partial charge in [-0.2, -0.15) is 0 Å². The summed E-state index contributed by atoms with van der Waals surface area (Å²) in [6, 6.07) is 9.76. The summed E-state index contributed by atoms with van der Waals surface area (Å²) in [5, 5.41) is 3.15. The van der Waals surface area contributed by atoms with E-state index in [1.54, 1.807) is 0 Å². The summed E-state index contributed by atoms with van der Waals surface area (Å²) in [5.74, 6) is 1.05. The number of amides is 2. The molecular formula is C25H32N4O2. The third-order valence-electron chi connectivity index (χ3n) is 6.59. The summed E-state index contributed by atoms with van der Waals surface area (Å²) in [7, 11) is 0. The van der Waals surface area contributed by atoms with Gasteiger partial charge in [0.05, 0.1) is 6.42 Å². The highest BCUT2D eigenvalue weighted by Crippen LogP contribution is 2.27. The van der Waals surface area contributed by atoms with E-state index in [1.165, 1.54) is 12.8 Å². The summed E-state index contributed by atoms with van der Waals surface area (Å²) >= 11 is 0. The molecule has 1 atom stereocenters. The first-order valence-corrected chi connectivity index (χ1v) is 11.5. The van der Waals surface area contributed by atoms with E-state index in [2.05, 4.69) is 5.32 Å². The molecule has 1 aliphatic carbocycles. The Labute approximate surface area is 184 Å². The summed E-state index contributed by atoms with van der Waals surface area (Å²) in [4.78, 5) is 36.8. The van der Waals surface area contributed by atoms with Gasteiger partial charge in [-0.3, -0.25) is 9.59 Å². The number of aromatic nitrogens is 2. The molecule has 2 heterocycles. The molecule has 1 aromatic carbocycles.